The largest absolute Gasteiger partial charge is 0.336 e. The lowest BCUT2D eigenvalue weighted by Gasteiger charge is -2.35. The SMILES string of the molecule is O=C(c1ccccc1SCC(=O)N1CCc2ccccc21)N1CCN(Cc2ccccc2)CC1. The van der Waals surface area contributed by atoms with Crippen LogP contribution in [0.1, 0.15) is 21.5 Å². The quantitative estimate of drug-likeness (QED) is 0.502. The van der Waals surface area contributed by atoms with Crippen LogP contribution in [0, 0.1) is 0 Å². The van der Waals surface area contributed by atoms with Gasteiger partial charge < -0.3 is 9.80 Å². The molecular formula is C28H29N3O2S. The molecule has 2 aliphatic heterocycles. The van der Waals surface area contributed by atoms with Crippen LogP contribution in [0.3, 0.4) is 0 Å². The Morgan fingerprint density at radius 1 is 0.765 bits per heavy atom. The highest BCUT2D eigenvalue weighted by Crippen LogP contribution is 2.30. The Balaban J connectivity index is 1.19. The van der Waals surface area contributed by atoms with Crippen molar-refractivity contribution in [2.24, 2.45) is 0 Å². The summed E-state index contributed by atoms with van der Waals surface area (Å²) in [7, 11) is 0. The molecule has 0 aromatic heterocycles. The zero-order valence-electron chi connectivity index (χ0n) is 19.2. The fourth-order valence-corrected chi connectivity index (χ4v) is 5.63. The second kappa shape index (κ2) is 10.5. The normalized spacial score (nSPS) is 15.9. The predicted molar refractivity (Wildman–Crippen MR) is 137 cm³/mol. The first-order valence-corrected chi connectivity index (χ1v) is 12.8. The first kappa shape index (κ1) is 22.7. The molecule has 0 saturated carbocycles. The molecule has 0 atom stereocenters. The van der Waals surface area contributed by atoms with Gasteiger partial charge in [-0.25, -0.2) is 0 Å². The molecule has 1 fully saturated rings. The highest BCUT2D eigenvalue weighted by atomic mass is 32.2. The van der Waals surface area contributed by atoms with Gasteiger partial charge in [0, 0.05) is 49.9 Å². The fraction of sp³-hybridized carbons (Fsp3) is 0.286. The van der Waals surface area contributed by atoms with Gasteiger partial charge in [-0.1, -0.05) is 60.7 Å². The van der Waals surface area contributed by atoms with Crippen LogP contribution in [0.5, 0.6) is 0 Å². The van der Waals surface area contributed by atoms with Crippen molar-refractivity contribution in [1.29, 1.82) is 0 Å². The Morgan fingerprint density at radius 2 is 1.47 bits per heavy atom. The Labute approximate surface area is 205 Å². The number of anilines is 1. The van der Waals surface area contributed by atoms with Crippen LogP contribution in [0.15, 0.2) is 83.8 Å². The van der Waals surface area contributed by atoms with E-state index in [4.69, 9.17) is 0 Å². The lowest BCUT2D eigenvalue weighted by atomic mass is 10.1. The van der Waals surface area contributed by atoms with Crippen LogP contribution in [0.4, 0.5) is 5.69 Å². The average molecular weight is 472 g/mol. The number of nitrogens with zero attached hydrogens (tertiary/aromatic N) is 3. The van der Waals surface area contributed by atoms with E-state index in [0.29, 0.717) is 24.4 Å². The van der Waals surface area contributed by atoms with E-state index in [0.717, 1.165) is 43.2 Å². The van der Waals surface area contributed by atoms with Crippen molar-refractivity contribution < 1.29 is 9.59 Å². The maximum absolute atomic E-state index is 13.3. The molecular weight excluding hydrogens is 442 g/mol. The number of hydrogen-bond donors (Lipinski definition) is 0. The van der Waals surface area contributed by atoms with E-state index < -0.39 is 0 Å². The van der Waals surface area contributed by atoms with Gasteiger partial charge in [-0.2, -0.15) is 0 Å². The van der Waals surface area contributed by atoms with Crippen LogP contribution in [0.25, 0.3) is 0 Å². The van der Waals surface area contributed by atoms with Crippen LogP contribution in [0.2, 0.25) is 0 Å². The molecule has 34 heavy (non-hydrogen) atoms. The van der Waals surface area contributed by atoms with Crippen molar-refractivity contribution in [3.63, 3.8) is 0 Å². The number of thioether (sulfide) groups is 1. The Morgan fingerprint density at radius 3 is 2.29 bits per heavy atom. The predicted octanol–water partition coefficient (Wildman–Crippen LogP) is 4.33. The maximum Gasteiger partial charge on any atom is 0.255 e. The molecule has 0 radical (unpaired) electrons. The standard InChI is InChI=1S/C28H29N3O2S/c32-27(31-15-14-23-10-4-6-12-25(23)31)21-34-26-13-7-5-11-24(26)28(33)30-18-16-29(17-19-30)20-22-8-2-1-3-9-22/h1-13H,14-21H2. The molecule has 174 valence electrons. The van der Waals surface area contributed by atoms with Crippen molar-refractivity contribution in [2.45, 2.75) is 17.9 Å². The number of benzene rings is 3. The summed E-state index contributed by atoms with van der Waals surface area (Å²) in [4.78, 5) is 33.4. The molecule has 0 N–H and O–H groups in total. The maximum atomic E-state index is 13.3. The first-order valence-electron chi connectivity index (χ1n) is 11.8. The van der Waals surface area contributed by atoms with Gasteiger partial charge in [0.25, 0.3) is 5.91 Å². The number of rotatable bonds is 6. The molecule has 2 heterocycles. The number of carbonyl (C=O) groups excluding carboxylic acids is 2. The summed E-state index contributed by atoms with van der Waals surface area (Å²) < 4.78 is 0. The molecule has 0 spiro atoms. The molecule has 0 bridgehead atoms. The Bertz CT molecular complexity index is 1160. The van der Waals surface area contributed by atoms with Crippen LogP contribution < -0.4 is 4.90 Å². The summed E-state index contributed by atoms with van der Waals surface area (Å²) in [5.74, 6) is 0.469. The second-order valence-corrected chi connectivity index (χ2v) is 9.78. The van der Waals surface area contributed by atoms with E-state index in [1.165, 1.54) is 22.9 Å². The Hall–Kier alpha value is -3.09. The summed E-state index contributed by atoms with van der Waals surface area (Å²) in [6.45, 7) is 4.80. The monoisotopic (exact) mass is 471 g/mol. The smallest absolute Gasteiger partial charge is 0.255 e. The van der Waals surface area contributed by atoms with E-state index in [1.807, 2.05) is 58.3 Å². The molecule has 2 aliphatic rings. The van der Waals surface area contributed by atoms with Gasteiger partial charge in [-0.05, 0) is 35.7 Å². The van der Waals surface area contributed by atoms with Crippen molar-refractivity contribution in [1.82, 2.24) is 9.80 Å². The number of piperazine rings is 1. The molecule has 0 unspecified atom stereocenters. The lowest BCUT2D eigenvalue weighted by molar-refractivity contribution is -0.116. The van der Waals surface area contributed by atoms with E-state index in [1.54, 1.807) is 0 Å². The van der Waals surface area contributed by atoms with Gasteiger partial charge in [0.1, 0.15) is 0 Å². The topological polar surface area (TPSA) is 43.9 Å². The van der Waals surface area contributed by atoms with Crippen LogP contribution >= 0.6 is 11.8 Å². The molecule has 5 nitrogen and oxygen atoms in total. The minimum atomic E-state index is 0.0569. The third kappa shape index (κ3) is 5.03. The van der Waals surface area contributed by atoms with Crippen molar-refractivity contribution in [3.8, 4) is 0 Å². The average Bonchev–Trinajstić information content (AvgIpc) is 3.32. The fourth-order valence-electron chi connectivity index (χ4n) is 4.70. The third-order valence-electron chi connectivity index (χ3n) is 6.57. The Kier molecular flexibility index (Phi) is 6.97. The lowest BCUT2D eigenvalue weighted by Crippen LogP contribution is -2.48. The first-order chi connectivity index (χ1) is 16.7. The summed E-state index contributed by atoms with van der Waals surface area (Å²) in [5.41, 5.74) is 4.24. The molecule has 6 heteroatoms. The molecule has 0 aliphatic carbocycles. The third-order valence-corrected chi connectivity index (χ3v) is 7.62. The summed E-state index contributed by atoms with van der Waals surface area (Å²) >= 11 is 1.46. The van der Waals surface area contributed by atoms with Crippen molar-refractivity contribution in [3.05, 3.63) is 95.6 Å². The van der Waals surface area contributed by atoms with Crippen LogP contribution in [-0.2, 0) is 17.8 Å². The molecule has 1 saturated heterocycles. The second-order valence-electron chi connectivity index (χ2n) is 8.76. The van der Waals surface area contributed by atoms with Gasteiger partial charge in [0.15, 0.2) is 0 Å². The minimum Gasteiger partial charge on any atom is -0.336 e. The van der Waals surface area contributed by atoms with Gasteiger partial charge in [0.05, 0.1) is 11.3 Å². The molecule has 2 amide bonds. The number of para-hydroxylation sites is 1. The molecule has 3 aromatic rings. The zero-order chi connectivity index (χ0) is 23.3. The van der Waals surface area contributed by atoms with Gasteiger partial charge >= 0.3 is 0 Å². The van der Waals surface area contributed by atoms with E-state index in [9.17, 15) is 9.59 Å². The highest BCUT2D eigenvalue weighted by Gasteiger charge is 2.26. The highest BCUT2D eigenvalue weighted by molar-refractivity contribution is 8.00. The van der Waals surface area contributed by atoms with E-state index in [-0.39, 0.29) is 11.8 Å². The number of hydrogen-bond acceptors (Lipinski definition) is 4. The number of fused-ring (bicyclic) bond motifs is 1. The number of carbonyl (C=O) groups is 2. The summed E-state index contributed by atoms with van der Waals surface area (Å²) in [5, 5.41) is 0. The van der Waals surface area contributed by atoms with Crippen LogP contribution in [-0.4, -0.2) is 60.1 Å². The van der Waals surface area contributed by atoms with E-state index >= 15 is 0 Å². The minimum absolute atomic E-state index is 0.0569. The van der Waals surface area contributed by atoms with Crippen molar-refractivity contribution >= 4 is 29.3 Å². The van der Waals surface area contributed by atoms with Gasteiger partial charge in [-0.15, -0.1) is 11.8 Å². The summed E-state index contributed by atoms with van der Waals surface area (Å²) in [6, 6.07) is 26.2. The van der Waals surface area contributed by atoms with Crippen molar-refractivity contribution in [2.75, 3.05) is 43.4 Å². The zero-order valence-corrected chi connectivity index (χ0v) is 20.0. The number of amides is 2. The molecule has 3 aromatic carbocycles. The van der Waals surface area contributed by atoms with Gasteiger partial charge in [0.2, 0.25) is 5.91 Å². The van der Waals surface area contributed by atoms with E-state index in [2.05, 4.69) is 35.2 Å². The molecule has 5 rings (SSSR count). The van der Waals surface area contributed by atoms with Gasteiger partial charge in [-0.3, -0.25) is 14.5 Å². The summed E-state index contributed by atoms with van der Waals surface area (Å²) in [6.07, 6.45) is 0.901.